The van der Waals surface area contributed by atoms with Gasteiger partial charge in [0.25, 0.3) is 5.91 Å². The van der Waals surface area contributed by atoms with E-state index >= 15 is 0 Å². The van der Waals surface area contributed by atoms with Crippen LogP contribution in [-0.4, -0.2) is 22.8 Å². The van der Waals surface area contributed by atoms with E-state index in [1.165, 1.54) is 0 Å². The number of nitrogens with zero attached hydrogens (tertiary/aromatic N) is 1. The average Bonchev–Trinajstić information content (AvgIpc) is 2.52. The van der Waals surface area contributed by atoms with Crippen molar-refractivity contribution >= 4 is 29.2 Å². The summed E-state index contributed by atoms with van der Waals surface area (Å²) in [5.41, 5.74) is 1.33. The van der Waals surface area contributed by atoms with Crippen molar-refractivity contribution in [1.82, 2.24) is 10.3 Å². The van der Waals surface area contributed by atoms with Gasteiger partial charge in [-0.15, -0.1) is 0 Å². The lowest BCUT2D eigenvalue weighted by molar-refractivity contribution is -0.118. The molecule has 24 heavy (non-hydrogen) atoms. The quantitative estimate of drug-likeness (QED) is 0.872. The zero-order chi connectivity index (χ0) is 17.7. The molecule has 1 aromatic carbocycles. The number of hydrogen-bond donors (Lipinski definition) is 2. The van der Waals surface area contributed by atoms with Crippen molar-refractivity contribution in [1.29, 1.82) is 0 Å². The maximum Gasteiger partial charge on any atom is 0.253 e. The highest BCUT2D eigenvalue weighted by Gasteiger charge is 2.25. The first kappa shape index (κ1) is 17.9. The number of benzene rings is 1. The molecule has 0 saturated heterocycles. The van der Waals surface area contributed by atoms with Crippen LogP contribution < -0.4 is 10.6 Å². The van der Waals surface area contributed by atoms with E-state index in [-0.39, 0.29) is 17.7 Å². The van der Waals surface area contributed by atoms with Gasteiger partial charge in [0.1, 0.15) is 11.9 Å². The topological polar surface area (TPSA) is 71.1 Å². The number of pyridine rings is 1. The van der Waals surface area contributed by atoms with Crippen molar-refractivity contribution in [2.24, 2.45) is 5.92 Å². The van der Waals surface area contributed by atoms with Gasteiger partial charge in [0.05, 0.1) is 10.6 Å². The molecule has 2 amide bonds. The van der Waals surface area contributed by atoms with Gasteiger partial charge < -0.3 is 10.6 Å². The summed E-state index contributed by atoms with van der Waals surface area (Å²) < 4.78 is 0. The molecule has 1 atom stereocenters. The summed E-state index contributed by atoms with van der Waals surface area (Å²) in [4.78, 5) is 29.0. The molecular weight excluding hydrogens is 326 g/mol. The van der Waals surface area contributed by atoms with Gasteiger partial charge in [0, 0.05) is 6.20 Å². The monoisotopic (exact) mass is 345 g/mol. The molecule has 0 fully saturated rings. The van der Waals surface area contributed by atoms with Gasteiger partial charge >= 0.3 is 0 Å². The second-order valence-electron chi connectivity index (χ2n) is 5.88. The lowest BCUT2D eigenvalue weighted by Crippen LogP contribution is -2.47. The molecule has 1 aromatic heterocycles. The van der Waals surface area contributed by atoms with Crippen LogP contribution in [0.3, 0.4) is 0 Å². The second-order valence-corrected chi connectivity index (χ2v) is 6.29. The fourth-order valence-corrected chi connectivity index (χ4v) is 2.43. The van der Waals surface area contributed by atoms with E-state index < -0.39 is 6.04 Å². The summed E-state index contributed by atoms with van der Waals surface area (Å²) in [7, 11) is 0. The van der Waals surface area contributed by atoms with Crippen molar-refractivity contribution in [3.8, 4) is 0 Å². The number of aryl methyl sites for hydroxylation is 1. The number of carbonyl (C=O) groups excluding carboxylic acids is 2. The molecule has 0 aliphatic heterocycles. The van der Waals surface area contributed by atoms with Crippen molar-refractivity contribution in [2.75, 3.05) is 5.32 Å². The summed E-state index contributed by atoms with van der Waals surface area (Å²) >= 11 is 6.04. The molecule has 2 rings (SSSR count). The predicted molar refractivity (Wildman–Crippen MR) is 95.1 cm³/mol. The Morgan fingerprint density at radius 3 is 2.50 bits per heavy atom. The van der Waals surface area contributed by atoms with Crippen LogP contribution in [0.5, 0.6) is 0 Å². The molecule has 0 aliphatic rings. The third kappa shape index (κ3) is 4.55. The predicted octanol–water partition coefficient (Wildman–Crippen LogP) is 3.44. The Hall–Kier alpha value is -2.40. The molecule has 1 unspecified atom stereocenters. The molecule has 6 heteroatoms. The van der Waals surface area contributed by atoms with Gasteiger partial charge in [-0.25, -0.2) is 4.98 Å². The van der Waals surface area contributed by atoms with E-state index in [0.29, 0.717) is 16.4 Å². The van der Waals surface area contributed by atoms with Crippen LogP contribution >= 0.6 is 11.6 Å². The Kier molecular flexibility index (Phi) is 5.93. The number of carbonyl (C=O) groups is 2. The maximum absolute atomic E-state index is 12.5. The van der Waals surface area contributed by atoms with Crippen LogP contribution in [0, 0.1) is 12.8 Å². The smallest absolute Gasteiger partial charge is 0.253 e. The highest BCUT2D eigenvalue weighted by Crippen LogP contribution is 2.16. The third-order valence-corrected chi connectivity index (χ3v) is 3.85. The lowest BCUT2D eigenvalue weighted by atomic mass is 10.0. The lowest BCUT2D eigenvalue weighted by Gasteiger charge is -2.21. The number of anilines is 1. The van der Waals surface area contributed by atoms with Gasteiger partial charge in [0.2, 0.25) is 5.91 Å². The van der Waals surface area contributed by atoms with Crippen molar-refractivity contribution in [3.05, 3.63) is 58.7 Å². The van der Waals surface area contributed by atoms with E-state index in [4.69, 9.17) is 11.6 Å². The number of amides is 2. The minimum atomic E-state index is -0.698. The van der Waals surface area contributed by atoms with Crippen LogP contribution in [0.1, 0.15) is 29.8 Å². The highest BCUT2D eigenvalue weighted by molar-refractivity contribution is 6.33. The second kappa shape index (κ2) is 7.93. The van der Waals surface area contributed by atoms with E-state index in [1.807, 2.05) is 26.8 Å². The zero-order valence-electron chi connectivity index (χ0n) is 13.8. The van der Waals surface area contributed by atoms with Gasteiger partial charge in [0.15, 0.2) is 0 Å². The van der Waals surface area contributed by atoms with Crippen molar-refractivity contribution < 1.29 is 9.59 Å². The summed E-state index contributed by atoms with van der Waals surface area (Å²) in [6, 6.07) is 9.64. The Bertz CT molecular complexity index is 747. The molecule has 0 bridgehead atoms. The number of nitrogens with one attached hydrogen (secondary N) is 2. The summed E-state index contributed by atoms with van der Waals surface area (Å²) in [5, 5.41) is 5.83. The minimum Gasteiger partial charge on any atom is -0.340 e. The van der Waals surface area contributed by atoms with Crippen molar-refractivity contribution in [2.45, 2.75) is 26.8 Å². The average molecular weight is 346 g/mol. The molecule has 0 aliphatic carbocycles. The molecule has 5 nitrogen and oxygen atoms in total. The van der Waals surface area contributed by atoms with Crippen molar-refractivity contribution in [3.63, 3.8) is 0 Å². The Morgan fingerprint density at radius 1 is 1.17 bits per heavy atom. The standard InChI is InChI=1S/C18H20ClN3O2/c1-11(2)16(18(24)21-15-10-12(3)8-9-20-15)22-17(23)13-6-4-5-7-14(13)19/h4-11,16H,1-3H3,(H,22,23)(H,20,21,24). The molecule has 0 radical (unpaired) electrons. The van der Waals surface area contributed by atoms with E-state index in [1.54, 1.807) is 36.5 Å². The SMILES string of the molecule is Cc1ccnc(NC(=O)C(NC(=O)c2ccccc2Cl)C(C)C)c1. The first-order valence-electron chi connectivity index (χ1n) is 7.67. The molecular formula is C18H20ClN3O2. The van der Waals surface area contributed by atoms with E-state index in [2.05, 4.69) is 15.6 Å². The zero-order valence-corrected chi connectivity index (χ0v) is 14.6. The molecule has 2 aromatic rings. The molecule has 2 N–H and O–H groups in total. The number of rotatable bonds is 5. The summed E-state index contributed by atoms with van der Waals surface area (Å²) in [5.74, 6) is -0.339. The van der Waals surface area contributed by atoms with E-state index in [0.717, 1.165) is 5.56 Å². The number of hydrogen-bond acceptors (Lipinski definition) is 3. The summed E-state index contributed by atoms with van der Waals surface area (Å²) in [6.45, 7) is 5.64. The largest absolute Gasteiger partial charge is 0.340 e. The fourth-order valence-electron chi connectivity index (χ4n) is 2.21. The molecule has 0 saturated carbocycles. The number of halogens is 1. The Labute approximate surface area is 146 Å². The molecule has 126 valence electrons. The van der Waals surface area contributed by atoms with Crippen LogP contribution in [0.4, 0.5) is 5.82 Å². The first-order valence-corrected chi connectivity index (χ1v) is 8.05. The Morgan fingerprint density at radius 2 is 1.88 bits per heavy atom. The van der Waals surface area contributed by atoms with Gasteiger partial charge in [-0.3, -0.25) is 9.59 Å². The number of aromatic nitrogens is 1. The van der Waals surface area contributed by atoms with E-state index in [9.17, 15) is 9.59 Å². The maximum atomic E-state index is 12.5. The highest BCUT2D eigenvalue weighted by atomic mass is 35.5. The van der Waals surface area contributed by atoms with Crippen LogP contribution in [0.25, 0.3) is 0 Å². The summed E-state index contributed by atoms with van der Waals surface area (Å²) in [6.07, 6.45) is 1.62. The first-order chi connectivity index (χ1) is 11.4. The third-order valence-electron chi connectivity index (χ3n) is 3.52. The van der Waals surface area contributed by atoms with Gasteiger partial charge in [-0.1, -0.05) is 37.6 Å². The minimum absolute atomic E-state index is 0.0961. The molecule has 0 spiro atoms. The normalized spacial score (nSPS) is 11.9. The Balaban J connectivity index is 2.13. The van der Waals surface area contributed by atoms with Gasteiger partial charge in [-0.05, 0) is 42.7 Å². The fraction of sp³-hybridized carbons (Fsp3) is 0.278. The molecule has 1 heterocycles. The van der Waals surface area contributed by atoms with Crippen LogP contribution in [-0.2, 0) is 4.79 Å². The van der Waals surface area contributed by atoms with Crippen LogP contribution in [0.2, 0.25) is 5.02 Å². The van der Waals surface area contributed by atoms with Crippen LogP contribution in [0.15, 0.2) is 42.6 Å². The van der Waals surface area contributed by atoms with Gasteiger partial charge in [-0.2, -0.15) is 0 Å².